The van der Waals surface area contributed by atoms with E-state index in [1.165, 1.54) is 81.2 Å². The number of hydrogen-bond acceptors (Lipinski definition) is 3. The van der Waals surface area contributed by atoms with Crippen LogP contribution in [0.15, 0.2) is 199 Å². The second kappa shape index (κ2) is 12.2. The average Bonchev–Trinajstić information content (AvgIpc) is 4.03. The van der Waals surface area contributed by atoms with Crippen LogP contribution in [0.5, 0.6) is 0 Å². The number of thiophene rings is 1. The topological polar surface area (TPSA) is 21.3 Å². The molecule has 11 aromatic rings. The Balaban J connectivity index is 1.07. The standard InChI is InChI=1S/C54H34N2OS/c1-2-13-35(14-3-1)56-48-22-9-5-16-39(48)43-20-12-19-37(53(43)56)34-25-27-40-38-15-4-8-21-47(38)55(49(40)30-34)36-31-44(54-46(32-36)42-18-7-11-24-52(42)58-54)33-26-28-51-45(29-33)41-17-6-10-23-50(41)57-51/h1-32,39,48H. The van der Waals surface area contributed by atoms with Gasteiger partial charge in [-0.2, -0.15) is 0 Å². The van der Waals surface area contributed by atoms with Crippen LogP contribution < -0.4 is 4.90 Å². The van der Waals surface area contributed by atoms with Crippen LogP contribution in [0.25, 0.3) is 91.9 Å². The summed E-state index contributed by atoms with van der Waals surface area (Å²) >= 11 is 1.88. The number of hydrogen-bond donors (Lipinski definition) is 0. The van der Waals surface area contributed by atoms with E-state index in [-0.39, 0.29) is 6.04 Å². The zero-order chi connectivity index (χ0) is 37.9. The first-order valence-electron chi connectivity index (χ1n) is 20.0. The lowest BCUT2D eigenvalue weighted by atomic mass is 9.90. The number of fused-ring (bicyclic) bond motifs is 12. The third-order valence-electron chi connectivity index (χ3n) is 12.5. The zero-order valence-corrected chi connectivity index (χ0v) is 32.2. The van der Waals surface area contributed by atoms with Crippen molar-refractivity contribution in [3.8, 4) is 27.9 Å². The van der Waals surface area contributed by atoms with Crippen molar-refractivity contribution >= 4 is 86.6 Å². The molecule has 0 amide bonds. The van der Waals surface area contributed by atoms with Crippen LogP contribution in [-0.2, 0) is 0 Å². The molecular weight excluding hydrogens is 725 g/mol. The Morgan fingerprint density at radius 1 is 0.466 bits per heavy atom. The van der Waals surface area contributed by atoms with E-state index in [1.54, 1.807) is 0 Å². The molecule has 0 saturated heterocycles. The van der Waals surface area contributed by atoms with Crippen molar-refractivity contribution in [3.05, 3.63) is 200 Å². The molecule has 2 unspecified atom stereocenters. The Morgan fingerprint density at radius 2 is 1.21 bits per heavy atom. The predicted molar refractivity (Wildman–Crippen MR) is 245 cm³/mol. The minimum atomic E-state index is 0.226. The lowest BCUT2D eigenvalue weighted by Gasteiger charge is -2.29. The maximum absolute atomic E-state index is 6.28. The van der Waals surface area contributed by atoms with E-state index in [0.29, 0.717) is 5.92 Å². The van der Waals surface area contributed by atoms with Crippen molar-refractivity contribution < 1.29 is 4.42 Å². The van der Waals surface area contributed by atoms with Gasteiger partial charge in [-0.15, -0.1) is 11.3 Å². The highest BCUT2D eigenvalue weighted by molar-refractivity contribution is 7.26. The summed E-state index contributed by atoms with van der Waals surface area (Å²) in [6, 6.07) is 62.7. The summed E-state index contributed by atoms with van der Waals surface area (Å²) in [6.45, 7) is 0. The molecule has 4 heterocycles. The van der Waals surface area contributed by atoms with Gasteiger partial charge in [0.15, 0.2) is 0 Å². The van der Waals surface area contributed by atoms with E-state index in [2.05, 4.69) is 198 Å². The third kappa shape index (κ3) is 4.55. The van der Waals surface area contributed by atoms with Gasteiger partial charge < -0.3 is 13.9 Å². The number of furan rings is 1. The van der Waals surface area contributed by atoms with Crippen LogP contribution in [-0.4, -0.2) is 10.6 Å². The lowest BCUT2D eigenvalue weighted by Crippen LogP contribution is -2.28. The van der Waals surface area contributed by atoms with Gasteiger partial charge in [0, 0.05) is 70.1 Å². The largest absolute Gasteiger partial charge is 0.456 e. The average molecular weight is 759 g/mol. The molecule has 1 aliphatic carbocycles. The molecule has 0 bridgehead atoms. The fourth-order valence-electron chi connectivity index (χ4n) is 9.97. The quantitative estimate of drug-likeness (QED) is 0.178. The predicted octanol–water partition coefficient (Wildman–Crippen LogP) is 15.1. The second-order valence-electron chi connectivity index (χ2n) is 15.6. The van der Waals surface area contributed by atoms with Crippen LogP contribution in [0.3, 0.4) is 0 Å². The third-order valence-corrected chi connectivity index (χ3v) is 13.7. The van der Waals surface area contributed by atoms with Crippen molar-refractivity contribution in [2.75, 3.05) is 4.90 Å². The van der Waals surface area contributed by atoms with Gasteiger partial charge in [0.25, 0.3) is 0 Å². The Kier molecular flexibility index (Phi) is 6.72. The minimum absolute atomic E-state index is 0.226. The summed E-state index contributed by atoms with van der Waals surface area (Å²) in [6.07, 6.45) is 9.13. The van der Waals surface area contributed by atoms with E-state index >= 15 is 0 Å². The van der Waals surface area contributed by atoms with E-state index in [4.69, 9.17) is 4.42 Å². The molecule has 2 aliphatic rings. The number of aromatic nitrogens is 1. The van der Waals surface area contributed by atoms with Crippen molar-refractivity contribution in [2.45, 2.75) is 12.0 Å². The fourth-order valence-corrected chi connectivity index (χ4v) is 11.2. The van der Waals surface area contributed by atoms with E-state index < -0.39 is 0 Å². The molecule has 0 saturated carbocycles. The SMILES string of the molecule is C1=CC2c3cccc(-c4ccc5c6ccccc6n(-c6cc(-c7ccc8oc9ccccc9c8c7)c7sc8ccccc8c7c6)c5c4)c3N(c3ccccc3)C2C=C1. The summed E-state index contributed by atoms with van der Waals surface area (Å²) in [5.41, 5.74) is 14.1. The van der Waals surface area contributed by atoms with E-state index in [0.717, 1.165) is 27.6 Å². The van der Waals surface area contributed by atoms with E-state index in [1.807, 2.05) is 17.4 Å². The molecule has 0 radical (unpaired) electrons. The van der Waals surface area contributed by atoms with Gasteiger partial charge in [0.1, 0.15) is 11.2 Å². The Labute approximate surface area is 338 Å². The Morgan fingerprint density at radius 3 is 2.14 bits per heavy atom. The molecule has 4 heteroatoms. The van der Waals surface area contributed by atoms with Crippen molar-refractivity contribution in [2.24, 2.45) is 0 Å². The van der Waals surface area contributed by atoms with Gasteiger partial charge in [0.2, 0.25) is 0 Å². The molecule has 58 heavy (non-hydrogen) atoms. The highest BCUT2D eigenvalue weighted by Gasteiger charge is 2.39. The smallest absolute Gasteiger partial charge is 0.135 e. The first kappa shape index (κ1) is 32.0. The number of para-hydroxylation sites is 4. The van der Waals surface area contributed by atoms with Gasteiger partial charge in [0.05, 0.1) is 22.8 Å². The highest BCUT2D eigenvalue weighted by Crippen LogP contribution is 2.52. The molecule has 2 atom stereocenters. The molecule has 13 rings (SSSR count). The molecule has 272 valence electrons. The van der Waals surface area contributed by atoms with Crippen molar-refractivity contribution in [1.29, 1.82) is 0 Å². The lowest BCUT2D eigenvalue weighted by molar-refractivity contribution is 0.669. The summed E-state index contributed by atoms with van der Waals surface area (Å²) in [7, 11) is 0. The number of rotatable bonds is 4. The zero-order valence-electron chi connectivity index (χ0n) is 31.3. The van der Waals surface area contributed by atoms with Crippen LogP contribution >= 0.6 is 11.3 Å². The monoisotopic (exact) mass is 758 g/mol. The molecule has 0 N–H and O–H groups in total. The van der Waals surface area contributed by atoms with Gasteiger partial charge in [-0.05, 0) is 77.4 Å². The maximum Gasteiger partial charge on any atom is 0.135 e. The Hall–Kier alpha value is -7.14. The number of benzene rings is 8. The molecule has 0 spiro atoms. The van der Waals surface area contributed by atoms with Crippen LogP contribution in [0.1, 0.15) is 11.5 Å². The minimum Gasteiger partial charge on any atom is -0.456 e. The summed E-state index contributed by atoms with van der Waals surface area (Å²) < 4.78 is 11.4. The summed E-state index contributed by atoms with van der Waals surface area (Å²) in [5.74, 6) is 0.292. The van der Waals surface area contributed by atoms with Gasteiger partial charge in [-0.1, -0.05) is 133 Å². The van der Waals surface area contributed by atoms with Crippen LogP contribution in [0.4, 0.5) is 11.4 Å². The summed E-state index contributed by atoms with van der Waals surface area (Å²) in [5, 5.41) is 7.33. The second-order valence-corrected chi connectivity index (χ2v) is 16.6. The van der Waals surface area contributed by atoms with Crippen LogP contribution in [0.2, 0.25) is 0 Å². The van der Waals surface area contributed by atoms with E-state index in [9.17, 15) is 0 Å². The van der Waals surface area contributed by atoms with Crippen molar-refractivity contribution in [3.63, 3.8) is 0 Å². The number of allylic oxidation sites excluding steroid dienone is 2. The van der Waals surface area contributed by atoms with Crippen LogP contribution in [0, 0.1) is 0 Å². The molecule has 1 aliphatic heterocycles. The Bertz CT molecular complexity index is 3540. The van der Waals surface area contributed by atoms with Gasteiger partial charge in [-0.25, -0.2) is 0 Å². The normalized spacial score (nSPS) is 16.1. The molecule has 8 aromatic carbocycles. The molecule has 3 aromatic heterocycles. The maximum atomic E-state index is 6.28. The first-order valence-corrected chi connectivity index (χ1v) is 20.8. The molecule has 0 fully saturated rings. The highest BCUT2D eigenvalue weighted by atomic mass is 32.1. The fraction of sp³-hybridized carbons (Fsp3) is 0.0370. The van der Waals surface area contributed by atoms with Gasteiger partial charge in [-0.3, -0.25) is 0 Å². The summed E-state index contributed by atoms with van der Waals surface area (Å²) in [4.78, 5) is 2.55. The molecule has 3 nitrogen and oxygen atoms in total. The van der Waals surface area contributed by atoms with Crippen molar-refractivity contribution in [1.82, 2.24) is 4.57 Å². The first-order chi connectivity index (χ1) is 28.8. The molecular formula is C54H34N2OS. The number of anilines is 2. The number of nitrogens with zero attached hydrogens (tertiary/aromatic N) is 2. The van der Waals surface area contributed by atoms with Gasteiger partial charge >= 0.3 is 0 Å².